The molecule has 4 aromatic carbocycles. The van der Waals surface area contributed by atoms with Crippen LogP contribution in [0.25, 0.3) is 10.8 Å². The van der Waals surface area contributed by atoms with E-state index in [1.807, 2.05) is 73.1 Å². The van der Waals surface area contributed by atoms with Crippen LogP contribution < -0.4 is 0 Å². The highest BCUT2D eigenvalue weighted by Gasteiger charge is 2.42. The number of nitriles is 1. The molecular weight excluding hydrogens is 637 g/mol. The summed E-state index contributed by atoms with van der Waals surface area (Å²) >= 11 is 0. The van der Waals surface area contributed by atoms with Gasteiger partial charge in [-0.05, 0) is 53.4 Å². The zero-order valence-electron chi connectivity index (χ0n) is 29.5. The Hall–Kier alpha value is -5.10. The molecule has 0 fully saturated rings. The Bertz CT molecular complexity index is 1960. The van der Waals surface area contributed by atoms with Crippen LogP contribution in [0.1, 0.15) is 61.2 Å². The highest BCUT2D eigenvalue weighted by atomic mass is 28.4. The first-order valence-electron chi connectivity index (χ1n) is 17.3. The summed E-state index contributed by atoms with van der Waals surface area (Å²) in [4.78, 5) is 5.05. The minimum Gasteiger partial charge on any atom is -0.494 e. The summed E-state index contributed by atoms with van der Waals surface area (Å²) in [5.74, 6) is -0.546. The van der Waals surface area contributed by atoms with E-state index < -0.39 is 19.8 Å². The molecule has 2 aromatic heterocycles. The van der Waals surface area contributed by atoms with Crippen LogP contribution in [0.5, 0.6) is 11.8 Å². The Morgan fingerprint density at radius 2 is 1.22 bits per heavy atom. The zero-order chi connectivity index (χ0) is 35.5. The summed E-state index contributed by atoms with van der Waals surface area (Å²) in [6, 6.07) is 41.0. The topological polar surface area (TPSA) is 96.2 Å². The maximum atomic E-state index is 11.1. The summed E-state index contributed by atoms with van der Waals surface area (Å²) in [6.07, 6.45) is 2.72. The summed E-state index contributed by atoms with van der Waals surface area (Å²) in [7, 11) is -2.07. The molecule has 8 heteroatoms. The van der Waals surface area contributed by atoms with Gasteiger partial charge in [0.25, 0.3) is 0 Å². The van der Waals surface area contributed by atoms with Gasteiger partial charge < -0.3 is 19.2 Å². The third-order valence-electron chi connectivity index (χ3n) is 10.5. The maximum absolute atomic E-state index is 11.1. The first-order chi connectivity index (χ1) is 24.0. The molecule has 0 bridgehead atoms. The van der Waals surface area contributed by atoms with Crippen molar-refractivity contribution in [3.05, 3.63) is 150 Å². The van der Waals surface area contributed by atoms with Crippen LogP contribution in [0.3, 0.4) is 0 Å². The van der Waals surface area contributed by atoms with Gasteiger partial charge in [0.05, 0.1) is 29.7 Å². The smallest absolute Gasteiger partial charge is 0.202 e. The van der Waals surface area contributed by atoms with Crippen LogP contribution in [0, 0.1) is 11.3 Å². The third-order valence-corrected chi connectivity index (χ3v) is 15.0. The lowest BCUT2D eigenvalue weighted by molar-refractivity contribution is 0.276. The van der Waals surface area contributed by atoms with Crippen LogP contribution in [-0.2, 0) is 22.9 Å². The summed E-state index contributed by atoms with van der Waals surface area (Å²) in [5.41, 5.74) is 3.74. The second kappa shape index (κ2) is 14.0. The molecule has 0 saturated carbocycles. The molecule has 1 atom stereocenters. The van der Waals surface area contributed by atoms with E-state index in [0.29, 0.717) is 30.2 Å². The van der Waals surface area contributed by atoms with Crippen molar-refractivity contribution >= 4 is 19.1 Å². The number of nitrogens with zero attached hydrogens (tertiary/aromatic N) is 4. The van der Waals surface area contributed by atoms with Gasteiger partial charge in [-0.3, -0.25) is 4.57 Å². The quantitative estimate of drug-likeness (QED) is 0.0991. The molecule has 0 aliphatic heterocycles. The second-order valence-corrected chi connectivity index (χ2v) is 19.2. The fourth-order valence-electron chi connectivity index (χ4n) is 6.78. The molecule has 0 radical (unpaired) electrons. The largest absolute Gasteiger partial charge is 0.494 e. The molecule has 2 heterocycles. The Morgan fingerprint density at radius 1 is 0.760 bits per heavy atom. The summed E-state index contributed by atoms with van der Waals surface area (Å²) < 4.78 is 10.3. The Morgan fingerprint density at radius 3 is 1.66 bits per heavy atom. The van der Waals surface area contributed by atoms with Gasteiger partial charge in [0.15, 0.2) is 8.32 Å². The van der Waals surface area contributed by atoms with E-state index in [9.17, 15) is 15.5 Å². The molecule has 2 N–H and O–H groups in total. The minimum absolute atomic E-state index is 0.00545. The van der Waals surface area contributed by atoms with Crippen LogP contribution in [0.2, 0.25) is 18.1 Å². The van der Waals surface area contributed by atoms with Crippen molar-refractivity contribution < 1.29 is 14.6 Å². The van der Waals surface area contributed by atoms with E-state index in [-0.39, 0.29) is 23.3 Å². The fourth-order valence-corrected chi connectivity index (χ4v) is 7.84. The molecule has 0 amide bonds. The molecule has 7 nitrogen and oxygen atoms in total. The van der Waals surface area contributed by atoms with Crippen molar-refractivity contribution in [2.45, 2.75) is 69.7 Å². The monoisotopic (exact) mass is 682 g/mol. The second-order valence-electron chi connectivity index (χ2n) is 14.4. The summed E-state index contributed by atoms with van der Waals surface area (Å²) in [6.45, 7) is 11.8. The number of hydrogen-bond acceptors (Lipinski definition) is 5. The number of benzene rings is 4. The molecule has 0 aliphatic rings. The highest BCUT2D eigenvalue weighted by molar-refractivity contribution is 6.74. The lowest BCUT2D eigenvalue weighted by Gasteiger charge is -2.39. The van der Waals surface area contributed by atoms with Gasteiger partial charge >= 0.3 is 0 Å². The molecule has 6 rings (SSSR count). The Balaban J connectivity index is 1.54. The molecule has 256 valence electrons. The third kappa shape index (κ3) is 6.23. The van der Waals surface area contributed by atoms with E-state index in [2.05, 4.69) is 80.9 Å². The lowest BCUT2D eigenvalue weighted by Crippen LogP contribution is -2.41. The number of aryl methyl sites for hydroxylation is 1. The van der Waals surface area contributed by atoms with E-state index in [1.54, 1.807) is 12.1 Å². The van der Waals surface area contributed by atoms with Crippen LogP contribution in [-0.4, -0.2) is 39.3 Å². The normalized spacial score (nSPS) is 13.0. The van der Waals surface area contributed by atoms with E-state index in [0.717, 1.165) is 28.1 Å². The average Bonchev–Trinajstić information content (AvgIpc) is 3.65. The van der Waals surface area contributed by atoms with Crippen molar-refractivity contribution in [2.75, 3.05) is 6.61 Å². The predicted octanol–water partition coefficient (Wildman–Crippen LogP) is 9.35. The first-order valence-corrected chi connectivity index (χ1v) is 20.2. The van der Waals surface area contributed by atoms with Crippen molar-refractivity contribution in [2.24, 2.45) is 0 Å². The molecule has 0 saturated heterocycles. The SMILES string of the molecule is CC(C)(C)[Si](C)(C)OCCC(C#N)c1c(CCn2c(O)c3ccccc3c2O)ncn1C(c1ccccc1)(c1ccccc1)c1ccccc1. The molecule has 0 aliphatic carbocycles. The van der Waals surface area contributed by atoms with Gasteiger partial charge in [0.1, 0.15) is 5.54 Å². The van der Waals surface area contributed by atoms with E-state index in [1.165, 1.54) is 4.57 Å². The standard InChI is InChI=1S/C42H46N4O3Si/c1-41(2,3)50(4,5)49-28-26-31(29-43)38-37(25-27-45-39(47)35-23-15-16-24-36(35)40(45)48)44-30-46(38)42(32-17-9-6-10-18-32,33-19-11-7-12-20-33)34-21-13-8-14-22-34/h6-24,30-31,47-48H,25-28H2,1-5H3. The van der Waals surface area contributed by atoms with Gasteiger partial charge in [0.2, 0.25) is 11.8 Å². The van der Waals surface area contributed by atoms with Gasteiger partial charge in [-0.1, -0.05) is 124 Å². The van der Waals surface area contributed by atoms with Gasteiger partial charge in [-0.25, -0.2) is 4.98 Å². The number of fused-ring (bicyclic) bond motifs is 1. The van der Waals surface area contributed by atoms with Gasteiger partial charge in [0, 0.05) is 30.3 Å². The fraction of sp³-hybridized carbons (Fsp3) is 0.286. The van der Waals surface area contributed by atoms with Crippen LogP contribution in [0.4, 0.5) is 0 Å². The number of aromatic hydroxyl groups is 2. The number of aromatic nitrogens is 3. The van der Waals surface area contributed by atoms with Crippen molar-refractivity contribution in [3.8, 4) is 17.8 Å². The average molecular weight is 683 g/mol. The Labute approximate surface area is 296 Å². The van der Waals surface area contributed by atoms with Crippen molar-refractivity contribution in [1.29, 1.82) is 5.26 Å². The van der Waals surface area contributed by atoms with Crippen molar-refractivity contribution in [3.63, 3.8) is 0 Å². The molecule has 6 aromatic rings. The first kappa shape index (κ1) is 34.7. The van der Waals surface area contributed by atoms with Gasteiger partial charge in [-0.2, -0.15) is 5.26 Å². The molecule has 0 spiro atoms. The molecule has 1 unspecified atom stereocenters. The number of rotatable bonds is 12. The Kier molecular flexibility index (Phi) is 9.75. The maximum Gasteiger partial charge on any atom is 0.202 e. The highest BCUT2D eigenvalue weighted by Crippen LogP contribution is 2.44. The van der Waals surface area contributed by atoms with Gasteiger partial charge in [-0.15, -0.1) is 0 Å². The number of imidazole rings is 1. The molecular formula is C42H46N4O3Si. The van der Waals surface area contributed by atoms with Crippen molar-refractivity contribution in [1.82, 2.24) is 14.1 Å². The van der Waals surface area contributed by atoms with Crippen LogP contribution in [0.15, 0.2) is 122 Å². The summed E-state index contributed by atoms with van der Waals surface area (Å²) in [5, 5.41) is 34.4. The predicted molar refractivity (Wildman–Crippen MR) is 202 cm³/mol. The lowest BCUT2D eigenvalue weighted by atomic mass is 9.76. The minimum atomic E-state index is -2.07. The van der Waals surface area contributed by atoms with E-state index >= 15 is 0 Å². The number of hydrogen-bond donors (Lipinski definition) is 2. The van der Waals surface area contributed by atoms with E-state index in [4.69, 9.17) is 9.41 Å². The van der Waals surface area contributed by atoms with Crippen LogP contribution >= 0.6 is 0 Å². The zero-order valence-corrected chi connectivity index (χ0v) is 30.5. The molecule has 50 heavy (non-hydrogen) atoms.